The van der Waals surface area contributed by atoms with E-state index in [4.69, 9.17) is 11.6 Å². The Labute approximate surface area is 219 Å². The number of thiazole rings is 1. The SMILES string of the molecule is CCN(CC)C1CCN(c2ccc(Cl)c(C(=O)NC(=O)N(c3nc4ccccc4s3)S(C)(=O)=O)c2)C1. The fourth-order valence-electron chi connectivity index (χ4n) is 4.44. The van der Waals surface area contributed by atoms with Crippen molar-refractivity contribution in [2.75, 3.05) is 41.6 Å². The number of carbonyl (C=O) groups excluding carboxylic acids is 2. The lowest BCUT2D eigenvalue weighted by Crippen LogP contribution is -2.46. The smallest absolute Gasteiger partial charge is 0.344 e. The molecule has 4 rings (SSSR count). The molecule has 0 radical (unpaired) electrons. The predicted molar refractivity (Wildman–Crippen MR) is 145 cm³/mol. The number of urea groups is 1. The Kier molecular flexibility index (Phi) is 7.84. The summed E-state index contributed by atoms with van der Waals surface area (Å²) >= 11 is 7.34. The molecule has 1 fully saturated rings. The molecule has 1 aliphatic heterocycles. The van der Waals surface area contributed by atoms with Crippen LogP contribution in [-0.4, -0.2) is 68.7 Å². The van der Waals surface area contributed by atoms with Crippen LogP contribution in [0.15, 0.2) is 42.5 Å². The quantitative estimate of drug-likeness (QED) is 0.471. The van der Waals surface area contributed by atoms with E-state index in [1.54, 1.807) is 36.4 Å². The summed E-state index contributed by atoms with van der Waals surface area (Å²) in [6.07, 6.45) is 1.90. The molecule has 1 atom stereocenters. The highest BCUT2D eigenvalue weighted by atomic mass is 35.5. The fourth-order valence-corrected chi connectivity index (χ4v) is 6.70. The van der Waals surface area contributed by atoms with Gasteiger partial charge in [0.2, 0.25) is 15.2 Å². The van der Waals surface area contributed by atoms with Gasteiger partial charge in [0.25, 0.3) is 5.91 Å². The maximum atomic E-state index is 13.1. The molecule has 9 nitrogen and oxygen atoms in total. The molecule has 0 bridgehead atoms. The minimum absolute atomic E-state index is 0.0524. The van der Waals surface area contributed by atoms with Gasteiger partial charge in [-0.25, -0.2) is 18.2 Å². The number of hydrogen-bond acceptors (Lipinski definition) is 8. The van der Waals surface area contributed by atoms with E-state index in [-0.39, 0.29) is 15.7 Å². The van der Waals surface area contributed by atoms with Crippen molar-refractivity contribution < 1.29 is 18.0 Å². The lowest BCUT2D eigenvalue weighted by Gasteiger charge is -2.27. The molecule has 192 valence electrons. The lowest BCUT2D eigenvalue weighted by atomic mass is 10.1. The molecule has 2 aromatic carbocycles. The number of amides is 3. The third-order valence-corrected chi connectivity index (χ3v) is 8.71. The number of nitrogens with zero attached hydrogens (tertiary/aromatic N) is 4. The summed E-state index contributed by atoms with van der Waals surface area (Å²) in [4.78, 5) is 34.9. The molecule has 0 spiro atoms. The van der Waals surface area contributed by atoms with Crippen molar-refractivity contribution in [1.29, 1.82) is 0 Å². The second kappa shape index (κ2) is 10.7. The van der Waals surface area contributed by atoms with E-state index >= 15 is 0 Å². The number of imide groups is 1. The molecule has 36 heavy (non-hydrogen) atoms. The van der Waals surface area contributed by atoms with Crippen LogP contribution in [-0.2, 0) is 10.0 Å². The van der Waals surface area contributed by atoms with E-state index in [9.17, 15) is 18.0 Å². The monoisotopic (exact) mass is 549 g/mol. The van der Waals surface area contributed by atoms with E-state index in [0.29, 0.717) is 20.6 Å². The minimum Gasteiger partial charge on any atom is -0.370 e. The van der Waals surface area contributed by atoms with Crippen molar-refractivity contribution in [2.45, 2.75) is 26.3 Å². The Morgan fingerprint density at radius 1 is 1.19 bits per heavy atom. The molecule has 1 aliphatic rings. The highest BCUT2D eigenvalue weighted by Gasteiger charge is 2.31. The fraction of sp³-hybridized carbons (Fsp3) is 0.375. The van der Waals surface area contributed by atoms with Crippen LogP contribution < -0.4 is 14.5 Å². The molecule has 1 aromatic heterocycles. The van der Waals surface area contributed by atoms with Gasteiger partial charge in [0.15, 0.2) is 0 Å². The Hall–Kier alpha value is -2.73. The maximum Gasteiger partial charge on any atom is 0.344 e. The van der Waals surface area contributed by atoms with Crippen LogP contribution in [0.2, 0.25) is 5.02 Å². The third kappa shape index (κ3) is 5.49. The molecule has 2 heterocycles. The Bertz CT molecular complexity index is 1360. The van der Waals surface area contributed by atoms with Gasteiger partial charge in [-0.2, -0.15) is 4.31 Å². The van der Waals surface area contributed by atoms with Gasteiger partial charge >= 0.3 is 6.03 Å². The van der Waals surface area contributed by atoms with Gasteiger partial charge in [0.05, 0.1) is 27.1 Å². The molecule has 12 heteroatoms. The van der Waals surface area contributed by atoms with E-state index in [0.717, 1.165) is 55.9 Å². The molecule has 0 saturated carbocycles. The third-order valence-electron chi connectivity index (χ3n) is 6.24. The van der Waals surface area contributed by atoms with Gasteiger partial charge in [-0.3, -0.25) is 15.0 Å². The van der Waals surface area contributed by atoms with Crippen LogP contribution in [0.4, 0.5) is 15.6 Å². The van der Waals surface area contributed by atoms with Crippen LogP contribution in [0.5, 0.6) is 0 Å². The van der Waals surface area contributed by atoms with Crippen molar-refractivity contribution >= 4 is 65.9 Å². The second-order valence-electron chi connectivity index (χ2n) is 8.52. The summed E-state index contributed by atoms with van der Waals surface area (Å²) in [6, 6.07) is 11.4. The average Bonchev–Trinajstić information content (AvgIpc) is 3.46. The first kappa shape index (κ1) is 26.3. The molecule has 3 amide bonds. The summed E-state index contributed by atoms with van der Waals surface area (Å²) in [5.74, 6) is -0.791. The van der Waals surface area contributed by atoms with Crippen molar-refractivity contribution in [3.05, 3.63) is 53.1 Å². The normalized spacial score (nSPS) is 16.0. The number of aromatic nitrogens is 1. The van der Waals surface area contributed by atoms with Crippen molar-refractivity contribution in [1.82, 2.24) is 15.2 Å². The molecule has 1 saturated heterocycles. The summed E-state index contributed by atoms with van der Waals surface area (Å²) in [6.45, 7) is 7.88. The lowest BCUT2D eigenvalue weighted by molar-refractivity contribution is 0.0966. The number of anilines is 2. The Morgan fingerprint density at radius 2 is 1.92 bits per heavy atom. The van der Waals surface area contributed by atoms with E-state index in [1.807, 2.05) is 6.07 Å². The Balaban J connectivity index is 1.55. The van der Waals surface area contributed by atoms with E-state index in [1.165, 1.54) is 0 Å². The number of carbonyl (C=O) groups is 2. The molecule has 1 unspecified atom stereocenters. The number of hydrogen-bond donors (Lipinski definition) is 1. The van der Waals surface area contributed by atoms with Gasteiger partial charge in [0, 0.05) is 24.8 Å². The van der Waals surface area contributed by atoms with E-state index < -0.39 is 22.0 Å². The standard InChI is InChI=1S/C24H28ClN5O4S2/c1-4-28(5-2)17-12-13-29(15-17)16-10-11-19(25)18(14-16)22(31)27-23(32)30(36(3,33)34)24-26-20-8-6-7-9-21(20)35-24/h6-11,14,17H,4-5,12-13,15H2,1-3H3,(H,27,31,32). The van der Waals surface area contributed by atoms with Gasteiger partial charge < -0.3 is 4.90 Å². The number of likely N-dealkylation sites (N-methyl/N-ethyl adjacent to an activating group) is 1. The summed E-state index contributed by atoms with van der Waals surface area (Å²) < 4.78 is 26.2. The van der Waals surface area contributed by atoms with Crippen molar-refractivity contribution in [3.63, 3.8) is 0 Å². The zero-order valence-corrected chi connectivity index (χ0v) is 22.7. The minimum atomic E-state index is -4.07. The summed E-state index contributed by atoms with van der Waals surface area (Å²) in [5, 5.41) is 2.28. The summed E-state index contributed by atoms with van der Waals surface area (Å²) in [5.41, 5.74) is 1.46. The number of rotatable bonds is 7. The molecular formula is C24H28ClN5O4S2. The predicted octanol–water partition coefficient (Wildman–Crippen LogP) is 4.19. The zero-order chi connectivity index (χ0) is 26.0. The van der Waals surface area contributed by atoms with Gasteiger partial charge in [0.1, 0.15) is 0 Å². The number of benzene rings is 2. The zero-order valence-electron chi connectivity index (χ0n) is 20.3. The van der Waals surface area contributed by atoms with Crippen molar-refractivity contribution in [2.24, 2.45) is 0 Å². The molecular weight excluding hydrogens is 522 g/mol. The number of sulfonamides is 1. The van der Waals surface area contributed by atoms with Gasteiger partial charge in [-0.1, -0.05) is 48.9 Å². The largest absolute Gasteiger partial charge is 0.370 e. The van der Waals surface area contributed by atoms with Crippen LogP contribution in [0.3, 0.4) is 0 Å². The van der Waals surface area contributed by atoms with Crippen LogP contribution in [0.25, 0.3) is 10.2 Å². The second-order valence-corrected chi connectivity index (χ2v) is 11.8. The summed E-state index contributed by atoms with van der Waals surface area (Å²) in [7, 11) is -4.07. The molecule has 0 aliphatic carbocycles. The number of halogens is 1. The highest BCUT2D eigenvalue weighted by Crippen LogP contribution is 2.31. The number of nitrogens with one attached hydrogen (secondary N) is 1. The van der Waals surface area contributed by atoms with Crippen molar-refractivity contribution in [3.8, 4) is 0 Å². The van der Waals surface area contributed by atoms with E-state index in [2.05, 4.69) is 33.9 Å². The number of para-hydroxylation sites is 1. The average molecular weight is 550 g/mol. The first-order valence-corrected chi connectivity index (χ1v) is 14.7. The first-order valence-electron chi connectivity index (χ1n) is 11.6. The number of fused-ring (bicyclic) bond motifs is 1. The van der Waals surface area contributed by atoms with Gasteiger partial charge in [-0.05, 0) is 49.8 Å². The topological polar surface area (TPSA) is 103 Å². The van der Waals surface area contributed by atoms with Crippen LogP contribution >= 0.6 is 22.9 Å². The van der Waals surface area contributed by atoms with Crippen LogP contribution in [0, 0.1) is 0 Å². The van der Waals surface area contributed by atoms with Gasteiger partial charge in [-0.15, -0.1) is 0 Å². The molecule has 1 N–H and O–H groups in total. The Morgan fingerprint density at radius 3 is 2.58 bits per heavy atom. The van der Waals surface area contributed by atoms with Crippen LogP contribution in [0.1, 0.15) is 30.6 Å². The highest BCUT2D eigenvalue weighted by molar-refractivity contribution is 7.93. The molecule has 3 aromatic rings. The maximum absolute atomic E-state index is 13.1. The first-order chi connectivity index (χ1) is 17.1.